The zero-order valence-corrected chi connectivity index (χ0v) is 12.3. The normalized spacial score (nSPS) is 22.3. The van der Waals surface area contributed by atoms with Gasteiger partial charge in [0.2, 0.25) is 11.8 Å². The Bertz CT molecular complexity index is 550. The van der Waals surface area contributed by atoms with Crippen LogP contribution in [0.15, 0.2) is 24.3 Å². The molecule has 5 nitrogen and oxygen atoms in total. The molecule has 1 atom stereocenters. The molecule has 0 aliphatic carbocycles. The number of hydrogen-bond acceptors (Lipinski definition) is 3. The Labute approximate surface area is 124 Å². The first-order valence-corrected chi connectivity index (χ1v) is 7.53. The molecule has 2 amide bonds. The van der Waals surface area contributed by atoms with Crippen LogP contribution in [0.3, 0.4) is 0 Å². The first-order chi connectivity index (χ1) is 10.1. The third-order valence-electron chi connectivity index (χ3n) is 4.25. The van der Waals surface area contributed by atoms with Crippen LogP contribution in [0.4, 0.5) is 5.69 Å². The number of carbonyl (C=O) groups excluding carboxylic acids is 2. The van der Waals surface area contributed by atoms with Gasteiger partial charge in [-0.2, -0.15) is 0 Å². The van der Waals surface area contributed by atoms with Gasteiger partial charge >= 0.3 is 0 Å². The summed E-state index contributed by atoms with van der Waals surface area (Å²) in [5.74, 6) is 0.0662. The van der Waals surface area contributed by atoms with Gasteiger partial charge in [-0.25, -0.2) is 0 Å². The molecule has 2 heterocycles. The lowest BCUT2D eigenvalue weighted by Crippen LogP contribution is -2.53. The van der Waals surface area contributed by atoms with Gasteiger partial charge in [-0.3, -0.25) is 9.59 Å². The fraction of sp³-hybridized carbons (Fsp3) is 0.500. The highest BCUT2D eigenvalue weighted by Gasteiger charge is 2.32. The van der Waals surface area contributed by atoms with Crippen molar-refractivity contribution in [2.75, 3.05) is 31.1 Å². The van der Waals surface area contributed by atoms with Crippen LogP contribution < -0.4 is 10.2 Å². The summed E-state index contributed by atoms with van der Waals surface area (Å²) in [6.07, 6.45) is 1.11. The molecule has 0 spiro atoms. The highest BCUT2D eigenvalue weighted by Crippen LogP contribution is 2.19. The number of amides is 2. The van der Waals surface area contributed by atoms with Crippen molar-refractivity contribution in [1.29, 1.82) is 0 Å². The van der Waals surface area contributed by atoms with Crippen molar-refractivity contribution >= 4 is 17.5 Å². The van der Waals surface area contributed by atoms with E-state index >= 15 is 0 Å². The summed E-state index contributed by atoms with van der Waals surface area (Å²) >= 11 is 0. The Morgan fingerprint density at radius 3 is 2.62 bits per heavy atom. The number of rotatable bonds is 2. The average Bonchev–Trinajstić information content (AvgIpc) is 2.93. The van der Waals surface area contributed by atoms with Crippen LogP contribution in [-0.4, -0.2) is 48.9 Å². The first kappa shape index (κ1) is 13.9. The molecule has 21 heavy (non-hydrogen) atoms. The maximum Gasteiger partial charge on any atom is 0.245 e. The molecule has 2 aliphatic rings. The zero-order chi connectivity index (χ0) is 14.8. The molecule has 2 fully saturated rings. The lowest BCUT2D eigenvalue weighted by molar-refractivity contribution is -0.134. The lowest BCUT2D eigenvalue weighted by atomic mass is 10.1. The molecule has 1 aromatic carbocycles. The maximum absolute atomic E-state index is 12.3. The molecule has 1 unspecified atom stereocenters. The predicted molar refractivity (Wildman–Crippen MR) is 81.1 cm³/mol. The van der Waals surface area contributed by atoms with Gasteiger partial charge in [-0.15, -0.1) is 0 Å². The number of aryl methyl sites for hydroxylation is 1. The molecule has 2 saturated heterocycles. The number of nitrogens with one attached hydrogen (secondary N) is 1. The minimum atomic E-state index is -0.303. The van der Waals surface area contributed by atoms with Gasteiger partial charge in [0.15, 0.2) is 0 Å². The van der Waals surface area contributed by atoms with Crippen LogP contribution in [-0.2, 0) is 9.59 Å². The Balaban J connectivity index is 1.57. The standard InChI is InChI=1S/C16H21N3O2/c1-12-3-2-4-13(11-12)18-7-9-19(10-8-18)16(21)14-5-6-15(20)17-14/h2-4,11,14H,5-10H2,1H3,(H,17,20). The Morgan fingerprint density at radius 1 is 1.24 bits per heavy atom. The topological polar surface area (TPSA) is 52.7 Å². The number of benzene rings is 1. The van der Waals surface area contributed by atoms with Crippen LogP contribution >= 0.6 is 0 Å². The van der Waals surface area contributed by atoms with Crippen molar-refractivity contribution in [2.45, 2.75) is 25.8 Å². The molecule has 0 bridgehead atoms. The van der Waals surface area contributed by atoms with Crippen molar-refractivity contribution in [3.63, 3.8) is 0 Å². The lowest BCUT2D eigenvalue weighted by Gasteiger charge is -2.37. The van der Waals surface area contributed by atoms with E-state index in [1.807, 2.05) is 4.90 Å². The van der Waals surface area contributed by atoms with Crippen LogP contribution in [0, 0.1) is 6.92 Å². The van der Waals surface area contributed by atoms with Crippen molar-refractivity contribution in [3.8, 4) is 0 Å². The first-order valence-electron chi connectivity index (χ1n) is 7.53. The summed E-state index contributed by atoms with van der Waals surface area (Å²) in [5.41, 5.74) is 2.47. The van der Waals surface area contributed by atoms with Gasteiger partial charge in [-0.05, 0) is 31.0 Å². The SMILES string of the molecule is Cc1cccc(N2CCN(C(=O)C3CCC(=O)N3)CC2)c1. The highest BCUT2D eigenvalue weighted by molar-refractivity contribution is 5.90. The van der Waals surface area contributed by atoms with Crippen LogP contribution in [0.1, 0.15) is 18.4 Å². The molecular weight excluding hydrogens is 266 g/mol. The van der Waals surface area contributed by atoms with Gasteiger partial charge in [-0.1, -0.05) is 12.1 Å². The number of piperazine rings is 1. The van der Waals surface area contributed by atoms with Gasteiger partial charge in [0, 0.05) is 38.3 Å². The summed E-state index contributed by atoms with van der Waals surface area (Å²) in [6.45, 7) is 5.22. The molecule has 5 heteroatoms. The Morgan fingerprint density at radius 2 is 2.00 bits per heavy atom. The minimum absolute atomic E-state index is 0.00764. The second-order valence-corrected chi connectivity index (χ2v) is 5.81. The van der Waals surface area contributed by atoms with E-state index in [1.165, 1.54) is 11.3 Å². The Hall–Kier alpha value is -2.04. The summed E-state index contributed by atoms with van der Waals surface area (Å²) in [6, 6.07) is 8.14. The third-order valence-corrected chi connectivity index (χ3v) is 4.25. The van der Waals surface area contributed by atoms with Crippen LogP contribution in [0.25, 0.3) is 0 Å². The largest absolute Gasteiger partial charge is 0.368 e. The van der Waals surface area contributed by atoms with Crippen LogP contribution in [0.2, 0.25) is 0 Å². The van der Waals surface area contributed by atoms with Crippen LogP contribution in [0.5, 0.6) is 0 Å². The molecular formula is C16H21N3O2. The van der Waals surface area contributed by atoms with Gasteiger partial charge in [0.1, 0.15) is 6.04 Å². The second-order valence-electron chi connectivity index (χ2n) is 5.81. The second kappa shape index (κ2) is 5.76. The fourth-order valence-corrected chi connectivity index (χ4v) is 3.03. The predicted octanol–water partition coefficient (Wildman–Crippen LogP) is 0.922. The molecule has 0 saturated carbocycles. The van der Waals surface area contributed by atoms with Gasteiger partial charge in [0.05, 0.1) is 0 Å². The average molecular weight is 287 g/mol. The summed E-state index contributed by atoms with van der Waals surface area (Å²) < 4.78 is 0. The number of hydrogen-bond donors (Lipinski definition) is 1. The molecule has 0 aromatic heterocycles. The zero-order valence-electron chi connectivity index (χ0n) is 12.3. The van der Waals surface area contributed by atoms with Gasteiger partial charge < -0.3 is 15.1 Å². The maximum atomic E-state index is 12.3. The monoisotopic (exact) mass is 287 g/mol. The molecule has 0 radical (unpaired) electrons. The molecule has 112 valence electrons. The van der Waals surface area contributed by atoms with E-state index in [-0.39, 0.29) is 17.9 Å². The third kappa shape index (κ3) is 3.01. The summed E-state index contributed by atoms with van der Waals surface area (Å²) in [7, 11) is 0. The van der Waals surface area contributed by atoms with E-state index in [1.54, 1.807) is 0 Å². The minimum Gasteiger partial charge on any atom is -0.368 e. The molecule has 1 N–H and O–H groups in total. The molecule has 2 aliphatic heterocycles. The highest BCUT2D eigenvalue weighted by atomic mass is 16.2. The van der Waals surface area contributed by atoms with E-state index in [0.717, 1.165) is 26.2 Å². The van der Waals surface area contributed by atoms with E-state index in [0.29, 0.717) is 12.8 Å². The van der Waals surface area contributed by atoms with Crippen molar-refractivity contribution in [2.24, 2.45) is 0 Å². The van der Waals surface area contributed by atoms with E-state index < -0.39 is 0 Å². The Kier molecular flexibility index (Phi) is 3.82. The number of nitrogens with zero attached hydrogens (tertiary/aromatic N) is 2. The number of carbonyl (C=O) groups is 2. The van der Waals surface area contributed by atoms with E-state index in [2.05, 4.69) is 41.4 Å². The van der Waals surface area contributed by atoms with Crippen molar-refractivity contribution < 1.29 is 9.59 Å². The summed E-state index contributed by atoms with van der Waals surface area (Å²) in [5, 5.41) is 2.76. The number of anilines is 1. The fourth-order valence-electron chi connectivity index (χ4n) is 3.03. The van der Waals surface area contributed by atoms with Gasteiger partial charge in [0.25, 0.3) is 0 Å². The van der Waals surface area contributed by atoms with E-state index in [9.17, 15) is 9.59 Å². The summed E-state index contributed by atoms with van der Waals surface area (Å²) in [4.78, 5) is 27.7. The smallest absolute Gasteiger partial charge is 0.245 e. The van der Waals surface area contributed by atoms with Crippen molar-refractivity contribution in [3.05, 3.63) is 29.8 Å². The molecule has 1 aromatic rings. The van der Waals surface area contributed by atoms with Crippen molar-refractivity contribution in [1.82, 2.24) is 10.2 Å². The quantitative estimate of drug-likeness (QED) is 0.880. The van der Waals surface area contributed by atoms with E-state index in [4.69, 9.17) is 0 Å². The molecule has 3 rings (SSSR count).